The van der Waals surface area contributed by atoms with Crippen LogP contribution >= 0.6 is 11.6 Å². The molecule has 0 aliphatic heterocycles. The summed E-state index contributed by atoms with van der Waals surface area (Å²) in [5.41, 5.74) is 1.84. The van der Waals surface area contributed by atoms with Crippen LogP contribution in [0.2, 0.25) is 5.02 Å². The molecule has 2 aromatic rings. The number of aromatic nitrogens is 2. The van der Waals surface area contributed by atoms with Crippen LogP contribution in [-0.2, 0) is 7.05 Å². The second kappa shape index (κ2) is 4.48. The number of halogens is 1. The van der Waals surface area contributed by atoms with Gasteiger partial charge < -0.3 is 9.30 Å². The van der Waals surface area contributed by atoms with E-state index in [2.05, 4.69) is 4.98 Å². The van der Waals surface area contributed by atoms with Crippen molar-refractivity contribution in [3.8, 4) is 23.1 Å². The summed E-state index contributed by atoms with van der Waals surface area (Å²) >= 11 is 6.17. The molecular formula is C12H10ClN3O. The number of ether oxygens (including phenoxy) is 1. The Balaban J connectivity index is 2.61. The van der Waals surface area contributed by atoms with Gasteiger partial charge in [0.1, 0.15) is 11.8 Å². The lowest BCUT2D eigenvalue weighted by molar-refractivity contribution is 0.415. The molecule has 0 saturated heterocycles. The zero-order valence-corrected chi connectivity index (χ0v) is 10.2. The van der Waals surface area contributed by atoms with Gasteiger partial charge in [0.2, 0.25) is 0 Å². The molecule has 1 aromatic heterocycles. The van der Waals surface area contributed by atoms with Crippen LogP contribution in [0.1, 0.15) is 5.69 Å². The van der Waals surface area contributed by atoms with Crippen molar-refractivity contribution in [2.45, 2.75) is 0 Å². The molecule has 0 aliphatic carbocycles. The molecule has 5 heteroatoms. The molecule has 1 heterocycles. The monoisotopic (exact) mass is 247 g/mol. The summed E-state index contributed by atoms with van der Waals surface area (Å²) in [7, 11) is 3.40. The normalized spacial score (nSPS) is 10.0. The molecule has 0 radical (unpaired) electrons. The minimum atomic E-state index is 0.361. The van der Waals surface area contributed by atoms with Gasteiger partial charge in [-0.2, -0.15) is 5.26 Å². The highest BCUT2D eigenvalue weighted by Crippen LogP contribution is 2.32. The van der Waals surface area contributed by atoms with E-state index in [0.29, 0.717) is 22.2 Å². The first-order valence-corrected chi connectivity index (χ1v) is 5.30. The molecule has 0 saturated carbocycles. The number of hydrogen-bond acceptors (Lipinski definition) is 3. The van der Waals surface area contributed by atoms with Gasteiger partial charge in [-0.05, 0) is 18.2 Å². The van der Waals surface area contributed by atoms with Crippen molar-refractivity contribution >= 4 is 11.6 Å². The average Bonchev–Trinajstić information content (AvgIpc) is 2.70. The van der Waals surface area contributed by atoms with Crippen LogP contribution in [0.4, 0.5) is 0 Å². The van der Waals surface area contributed by atoms with Gasteiger partial charge in [0.05, 0.1) is 24.2 Å². The van der Waals surface area contributed by atoms with Gasteiger partial charge in [-0.1, -0.05) is 11.6 Å². The van der Waals surface area contributed by atoms with Crippen LogP contribution in [0, 0.1) is 11.3 Å². The molecule has 0 atom stereocenters. The SMILES string of the molecule is COc1ccc(-c2c(C#N)ncn2C)c(Cl)c1. The maximum Gasteiger partial charge on any atom is 0.166 e. The first-order chi connectivity index (χ1) is 8.17. The number of nitrogens with zero attached hydrogens (tertiary/aromatic N) is 3. The second-order valence-electron chi connectivity index (χ2n) is 3.51. The number of hydrogen-bond donors (Lipinski definition) is 0. The molecule has 0 fully saturated rings. The second-order valence-corrected chi connectivity index (χ2v) is 3.92. The summed E-state index contributed by atoms with van der Waals surface area (Å²) in [5.74, 6) is 0.680. The lowest BCUT2D eigenvalue weighted by Gasteiger charge is -2.07. The van der Waals surface area contributed by atoms with E-state index in [-0.39, 0.29) is 0 Å². The van der Waals surface area contributed by atoms with E-state index in [1.54, 1.807) is 30.1 Å². The van der Waals surface area contributed by atoms with Crippen LogP contribution in [0.5, 0.6) is 5.75 Å². The summed E-state index contributed by atoms with van der Waals surface area (Å²) in [6, 6.07) is 7.38. The molecule has 0 amide bonds. The predicted octanol–water partition coefficient (Wildman–Crippen LogP) is 2.62. The molecule has 17 heavy (non-hydrogen) atoms. The van der Waals surface area contributed by atoms with Crippen molar-refractivity contribution in [2.24, 2.45) is 7.05 Å². The Morgan fingerprint density at radius 2 is 2.24 bits per heavy atom. The maximum atomic E-state index is 8.99. The van der Waals surface area contributed by atoms with Gasteiger partial charge in [-0.25, -0.2) is 4.98 Å². The van der Waals surface area contributed by atoms with Crippen LogP contribution in [0.3, 0.4) is 0 Å². The standard InChI is InChI=1S/C12H10ClN3O/c1-16-7-15-11(6-14)12(16)9-4-3-8(17-2)5-10(9)13/h3-5,7H,1-2H3. The quantitative estimate of drug-likeness (QED) is 0.820. The Morgan fingerprint density at radius 3 is 2.82 bits per heavy atom. The van der Waals surface area contributed by atoms with E-state index in [9.17, 15) is 0 Å². The number of rotatable bonds is 2. The third kappa shape index (κ3) is 1.97. The zero-order chi connectivity index (χ0) is 12.4. The highest BCUT2D eigenvalue weighted by molar-refractivity contribution is 6.33. The minimum absolute atomic E-state index is 0.361. The molecule has 0 unspecified atom stereocenters. The van der Waals surface area contributed by atoms with Gasteiger partial charge in [-0.15, -0.1) is 0 Å². The number of imidazole rings is 1. The largest absolute Gasteiger partial charge is 0.497 e. The van der Waals surface area contributed by atoms with E-state index < -0.39 is 0 Å². The fraction of sp³-hybridized carbons (Fsp3) is 0.167. The van der Waals surface area contributed by atoms with Gasteiger partial charge in [0.15, 0.2) is 5.69 Å². The topological polar surface area (TPSA) is 50.8 Å². The first kappa shape index (κ1) is 11.5. The summed E-state index contributed by atoms with van der Waals surface area (Å²) in [5, 5.41) is 9.52. The molecule has 2 rings (SSSR count). The Labute approximate surface area is 104 Å². The van der Waals surface area contributed by atoms with Crippen molar-refractivity contribution < 1.29 is 4.74 Å². The highest BCUT2D eigenvalue weighted by atomic mass is 35.5. The van der Waals surface area contributed by atoms with E-state index in [4.69, 9.17) is 21.6 Å². The van der Waals surface area contributed by atoms with E-state index >= 15 is 0 Å². The highest BCUT2D eigenvalue weighted by Gasteiger charge is 2.14. The smallest absolute Gasteiger partial charge is 0.166 e. The number of benzene rings is 1. The summed E-state index contributed by atoms with van der Waals surface area (Å²) in [4.78, 5) is 4.01. The maximum absolute atomic E-state index is 8.99. The lowest BCUT2D eigenvalue weighted by Crippen LogP contribution is -1.93. The van der Waals surface area contributed by atoms with Gasteiger partial charge in [0.25, 0.3) is 0 Å². The van der Waals surface area contributed by atoms with Crippen molar-refractivity contribution in [2.75, 3.05) is 7.11 Å². The van der Waals surface area contributed by atoms with Gasteiger partial charge in [-0.3, -0.25) is 0 Å². The van der Waals surface area contributed by atoms with E-state index in [0.717, 1.165) is 5.56 Å². The van der Waals surface area contributed by atoms with Crippen LogP contribution in [0.15, 0.2) is 24.5 Å². The Kier molecular flexibility index (Phi) is 3.03. The third-order valence-corrected chi connectivity index (χ3v) is 2.79. The van der Waals surface area contributed by atoms with Crippen molar-refractivity contribution in [1.82, 2.24) is 9.55 Å². The molecule has 0 aliphatic rings. The fourth-order valence-corrected chi connectivity index (χ4v) is 1.90. The van der Waals surface area contributed by atoms with E-state index in [1.807, 2.05) is 19.2 Å². The molecular weight excluding hydrogens is 238 g/mol. The fourth-order valence-electron chi connectivity index (χ4n) is 1.64. The first-order valence-electron chi connectivity index (χ1n) is 4.92. The molecule has 1 aromatic carbocycles. The van der Waals surface area contributed by atoms with Crippen molar-refractivity contribution in [1.29, 1.82) is 5.26 Å². The van der Waals surface area contributed by atoms with Gasteiger partial charge in [0, 0.05) is 12.6 Å². The molecule has 86 valence electrons. The summed E-state index contributed by atoms with van der Waals surface area (Å²) in [6.07, 6.45) is 1.59. The predicted molar refractivity (Wildman–Crippen MR) is 64.9 cm³/mol. The number of methoxy groups -OCH3 is 1. The average molecular weight is 248 g/mol. The summed E-state index contributed by atoms with van der Waals surface area (Å²) < 4.78 is 6.85. The Bertz CT molecular complexity index is 598. The van der Waals surface area contributed by atoms with Crippen LogP contribution < -0.4 is 4.74 Å². The number of aryl methyl sites for hydroxylation is 1. The third-order valence-electron chi connectivity index (χ3n) is 2.47. The van der Waals surface area contributed by atoms with Crippen LogP contribution in [0.25, 0.3) is 11.3 Å². The Hall–Kier alpha value is -1.99. The lowest BCUT2D eigenvalue weighted by atomic mass is 10.1. The van der Waals surface area contributed by atoms with Crippen LogP contribution in [-0.4, -0.2) is 16.7 Å². The molecule has 0 N–H and O–H groups in total. The zero-order valence-electron chi connectivity index (χ0n) is 9.44. The molecule has 4 nitrogen and oxygen atoms in total. The van der Waals surface area contributed by atoms with Gasteiger partial charge >= 0.3 is 0 Å². The van der Waals surface area contributed by atoms with E-state index in [1.165, 1.54) is 0 Å². The van der Waals surface area contributed by atoms with Crippen molar-refractivity contribution in [3.63, 3.8) is 0 Å². The molecule has 0 spiro atoms. The summed E-state index contributed by atoms with van der Waals surface area (Å²) in [6.45, 7) is 0. The number of nitriles is 1. The molecule has 0 bridgehead atoms. The Morgan fingerprint density at radius 1 is 1.47 bits per heavy atom. The minimum Gasteiger partial charge on any atom is -0.497 e. The van der Waals surface area contributed by atoms with Crippen molar-refractivity contribution in [3.05, 3.63) is 35.2 Å².